The van der Waals surface area contributed by atoms with Crippen LogP contribution in [0.2, 0.25) is 10.0 Å². The molecule has 0 aliphatic carbocycles. The molecule has 1 amide bonds. The average molecular weight is 274 g/mol. The monoisotopic (exact) mass is 273 g/mol. The number of aliphatic hydroxyl groups is 1. The predicted octanol–water partition coefficient (Wildman–Crippen LogP) is 2.59. The Morgan fingerprint density at radius 3 is 2.82 bits per heavy atom. The number of hydrogen-bond donors (Lipinski definition) is 1. The van der Waals surface area contributed by atoms with E-state index in [-0.39, 0.29) is 5.91 Å². The van der Waals surface area contributed by atoms with Crippen molar-refractivity contribution >= 4 is 29.1 Å². The summed E-state index contributed by atoms with van der Waals surface area (Å²) in [6, 6.07) is 4.81. The molecule has 0 radical (unpaired) electrons. The molecule has 0 saturated carbocycles. The van der Waals surface area contributed by atoms with Crippen molar-refractivity contribution in [2.75, 3.05) is 13.1 Å². The Morgan fingerprint density at radius 1 is 1.41 bits per heavy atom. The van der Waals surface area contributed by atoms with Gasteiger partial charge in [0.05, 0.1) is 16.7 Å². The van der Waals surface area contributed by atoms with Crippen LogP contribution in [0.15, 0.2) is 18.2 Å². The van der Waals surface area contributed by atoms with Crippen LogP contribution in [0.5, 0.6) is 0 Å². The third-order valence-corrected chi connectivity index (χ3v) is 3.39. The molecule has 1 fully saturated rings. The van der Waals surface area contributed by atoms with Crippen LogP contribution in [0.1, 0.15) is 23.2 Å². The summed E-state index contributed by atoms with van der Waals surface area (Å²) >= 11 is 11.8. The van der Waals surface area contributed by atoms with E-state index in [4.69, 9.17) is 23.2 Å². The van der Waals surface area contributed by atoms with Gasteiger partial charge in [0, 0.05) is 18.1 Å². The first kappa shape index (κ1) is 12.7. The predicted molar refractivity (Wildman–Crippen MR) is 67.6 cm³/mol. The molecule has 92 valence electrons. The minimum absolute atomic E-state index is 0.148. The van der Waals surface area contributed by atoms with E-state index in [1.807, 2.05) is 0 Å². The first-order chi connectivity index (χ1) is 8.08. The van der Waals surface area contributed by atoms with Gasteiger partial charge in [-0.25, -0.2) is 0 Å². The van der Waals surface area contributed by atoms with Gasteiger partial charge in [0.15, 0.2) is 0 Å². The number of likely N-dealkylation sites (tertiary alicyclic amines) is 1. The molecule has 0 aromatic heterocycles. The fraction of sp³-hybridized carbons (Fsp3) is 0.417. The standard InChI is InChI=1S/C12H13Cl2NO2/c13-8-3-4-10(11(14)6-8)12(17)15-5-1-2-9(16)7-15/h3-4,6,9,16H,1-2,5,7H2/t9-/m0/s1. The first-order valence-corrected chi connectivity index (χ1v) is 6.26. The lowest BCUT2D eigenvalue weighted by Gasteiger charge is -2.30. The van der Waals surface area contributed by atoms with Crippen molar-refractivity contribution in [2.24, 2.45) is 0 Å². The molecule has 1 aliphatic rings. The number of amides is 1. The highest BCUT2D eigenvalue weighted by Gasteiger charge is 2.24. The van der Waals surface area contributed by atoms with Crippen LogP contribution in [0, 0.1) is 0 Å². The van der Waals surface area contributed by atoms with E-state index in [1.165, 1.54) is 0 Å². The van der Waals surface area contributed by atoms with E-state index in [9.17, 15) is 9.90 Å². The highest BCUT2D eigenvalue weighted by Crippen LogP contribution is 2.23. The molecule has 1 N–H and O–H groups in total. The zero-order chi connectivity index (χ0) is 12.4. The Balaban J connectivity index is 2.18. The van der Waals surface area contributed by atoms with Crippen LogP contribution in [-0.2, 0) is 0 Å². The number of rotatable bonds is 1. The number of carbonyl (C=O) groups excluding carboxylic acids is 1. The maximum atomic E-state index is 12.2. The lowest BCUT2D eigenvalue weighted by atomic mass is 10.1. The number of aliphatic hydroxyl groups excluding tert-OH is 1. The fourth-order valence-electron chi connectivity index (χ4n) is 1.97. The van der Waals surface area contributed by atoms with Gasteiger partial charge in [0.25, 0.3) is 5.91 Å². The van der Waals surface area contributed by atoms with Crippen molar-refractivity contribution in [3.63, 3.8) is 0 Å². The van der Waals surface area contributed by atoms with Crippen molar-refractivity contribution in [3.8, 4) is 0 Å². The largest absolute Gasteiger partial charge is 0.391 e. The lowest BCUT2D eigenvalue weighted by Crippen LogP contribution is -2.42. The van der Waals surface area contributed by atoms with Crippen LogP contribution in [0.25, 0.3) is 0 Å². The Hall–Kier alpha value is -0.770. The molecule has 0 unspecified atom stereocenters. The van der Waals surface area contributed by atoms with Gasteiger partial charge in [0.1, 0.15) is 0 Å². The summed E-state index contributed by atoms with van der Waals surface area (Å²) in [4.78, 5) is 13.8. The third kappa shape index (κ3) is 2.92. The summed E-state index contributed by atoms with van der Waals surface area (Å²) in [6.07, 6.45) is 1.13. The second kappa shape index (κ2) is 5.25. The molecule has 1 aromatic rings. The normalized spacial score (nSPS) is 20.4. The van der Waals surface area contributed by atoms with Gasteiger partial charge in [-0.3, -0.25) is 4.79 Å². The number of piperidine rings is 1. The SMILES string of the molecule is O=C(c1ccc(Cl)cc1Cl)N1CCC[C@H](O)C1. The molecule has 5 heteroatoms. The highest BCUT2D eigenvalue weighted by molar-refractivity contribution is 6.36. The molecule has 3 nitrogen and oxygen atoms in total. The fourth-order valence-corrected chi connectivity index (χ4v) is 2.46. The second-order valence-corrected chi connectivity index (χ2v) is 5.02. The zero-order valence-corrected chi connectivity index (χ0v) is 10.7. The van der Waals surface area contributed by atoms with Crippen LogP contribution >= 0.6 is 23.2 Å². The number of benzene rings is 1. The Labute approximate surface area is 110 Å². The maximum absolute atomic E-state index is 12.2. The summed E-state index contributed by atoms with van der Waals surface area (Å²) in [5.74, 6) is -0.148. The summed E-state index contributed by atoms with van der Waals surface area (Å²) in [7, 11) is 0. The number of carbonyl (C=O) groups is 1. The average Bonchev–Trinajstić information content (AvgIpc) is 2.28. The van der Waals surface area contributed by atoms with Gasteiger partial charge >= 0.3 is 0 Å². The topological polar surface area (TPSA) is 40.5 Å². The van der Waals surface area contributed by atoms with Gasteiger partial charge in [-0.1, -0.05) is 23.2 Å². The van der Waals surface area contributed by atoms with Gasteiger partial charge < -0.3 is 10.0 Å². The van der Waals surface area contributed by atoms with Crippen LogP contribution in [-0.4, -0.2) is 35.1 Å². The molecule has 1 atom stereocenters. The molecule has 17 heavy (non-hydrogen) atoms. The molecule has 1 saturated heterocycles. The molecule has 1 heterocycles. The summed E-state index contributed by atoms with van der Waals surface area (Å²) in [5.41, 5.74) is 0.435. The molecule has 0 spiro atoms. The summed E-state index contributed by atoms with van der Waals surface area (Å²) in [6.45, 7) is 1.03. The third-order valence-electron chi connectivity index (χ3n) is 2.85. The highest BCUT2D eigenvalue weighted by atomic mass is 35.5. The quantitative estimate of drug-likeness (QED) is 0.855. The van der Waals surface area contributed by atoms with Gasteiger partial charge in [-0.2, -0.15) is 0 Å². The number of β-amino-alcohol motifs (C(OH)–C–C–N with tert-alkyl or cyclic N) is 1. The molecule has 0 bridgehead atoms. The van der Waals surface area contributed by atoms with E-state index in [0.29, 0.717) is 28.7 Å². The summed E-state index contributed by atoms with van der Waals surface area (Å²) < 4.78 is 0. The van der Waals surface area contributed by atoms with Crippen molar-refractivity contribution in [3.05, 3.63) is 33.8 Å². The summed E-state index contributed by atoms with van der Waals surface area (Å²) in [5, 5.41) is 10.4. The first-order valence-electron chi connectivity index (χ1n) is 5.50. The van der Waals surface area contributed by atoms with E-state index in [2.05, 4.69) is 0 Å². The van der Waals surface area contributed by atoms with Gasteiger partial charge in [-0.05, 0) is 31.0 Å². The van der Waals surface area contributed by atoms with Crippen LogP contribution in [0.3, 0.4) is 0 Å². The smallest absolute Gasteiger partial charge is 0.255 e. The van der Waals surface area contributed by atoms with E-state index in [1.54, 1.807) is 23.1 Å². The maximum Gasteiger partial charge on any atom is 0.255 e. The Kier molecular flexibility index (Phi) is 3.92. The number of halogens is 2. The molecular formula is C12H13Cl2NO2. The molecule has 1 aromatic carbocycles. The number of hydrogen-bond acceptors (Lipinski definition) is 2. The van der Waals surface area contributed by atoms with Crippen molar-refractivity contribution < 1.29 is 9.90 Å². The zero-order valence-electron chi connectivity index (χ0n) is 9.20. The van der Waals surface area contributed by atoms with E-state index >= 15 is 0 Å². The molecular weight excluding hydrogens is 261 g/mol. The van der Waals surface area contributed by atoms with E-state index < -0.39 is 6.10 Å². The Morgan fingerprint density at radius 2 is 2.18 bits per heavy atom. The van der Waals surface area contributed by atoms with Crippen molar-refractivity contribution in [1.29, 1.82) is 0 Å². The minimum Gasteiger partial charge on any atom is -0.391 e. The minimum atomic E-state index is -0.432. The van der Waals surface area contributed by atoms with Gasteiger partial charge in [0.2, 0.25) is 0 Å². The van der Waals surface area contributed by atoms with Crippen LogP contribution < -0.4 is 0 Å². The van der Waals surface area contributed by atoms with Gasteiger partial charge in [-0.15, -0.1) is 0 Å². The molecule has 1 aliphatic heterocycles. The van der Waals surface area contributed by atoms with E-state index in [0.717, 1.165) is 12.8 Å². The molecule has 2 rings (SSSR count). The van der Waals surface area contributed by atoms with Crippen LogP contribution in [0.4, 0.5) is 0 Å². The van der Waals surface area contributed by atoms with Crippen molar-refractivity contribution in [1.82, 2.24) is 4.90 Å². The number of nitrogens with zero attached hydrogens (tertiary/aromatic N) is 1. The lowest BCUT2D eigenvalue weighted by molar-refractivity contribution is 0.0474. The van der Waals surface area contributed by atoms with Crippen molar-refractivity contribution in [2.45, 2.75) is 18.9 Å². The second-order valence-electron chi connectivity index (χ2n) is 4.17. The Bertz CT molecular complexity index is 437.